The molecular formula is C12H14N2O3S2. The van der Waals surface area contributed by atoms with Gasteiger partial charge >= 0.3 is 0 Å². The van der Waals surface area contributed by atoms with Gasteiger partial charge in [0.2, 0.25) is 10.0 Å². The normalized spacial score (nSPS) is 19.9. The molecule has 1 aliphatic heterocycles. The number of hydrogen-bond acceptors (Lipinski definition) is 5. The van der Waals surface area contributed by atoms with E-state index in [9.17, 15) is 8.42 Å². The summed E-state index contributed by atoms with van der Waals surface area (Å²) < 4.78 is 36.2. The van der Waals surface area contributed by atoms with E-state index in [2.05, 4.69) is 9.10 Å². The van der Waals surface area contributed by atoms with Crippen molar-refractivity contribution in [2.45, 2.75) is 18.9 Å². The van der Waals surface area contributed by atoms with Gasteiger partial charge in [-0.3, -0.25) is 4.72 Å². The molecule has 2 heterocycles. The molecule has 0 spiro atoms. The number of nitrogens with one attached hydrogen (secondary N) is 1. The van der Waals surface area contributed by atoms with Crippen molar-refractivity contribution in [2.24, 2.45) is 0 Å². The molecular weight excluding hydrogens is 284 g/mol. The maximum absolute atomic E-state index is 12.0. The third-order valence-corrected chi connectivity index (χ3v) is 5.08. The second kappa shape index (κ2) is 5.07. The van der Waals surface area contributed by atoms with Crippen LogP contribution in [0.3, 0.4) is 0 Å². The zero-order valence-corrected chi connectivity index (χ0v) is 11.8. The average Bonchev–Trinajstić information content (AvgIpc) is 2.97. The van der Waals surface area contributed by atoms with Crippen molar-refractivity contribution < 1.29 is 13.2 Å². The van der Waals surface area contributed by atoms with E-state index in [4.69, 9.17) is 4.74 Å². The summed E-state index contributed by atoms with van der Waals surface area (Å²) in [7, 11) is -3.36. The fourth-order valence-corrected chi connectivity index (χ4v) is 4.13. The molecule has 1 aromatic heterocycles. The minimum Gasteiger partial charge on any atom is -0.377 e. The Kier molecular flexibility index (Phi) is 3.42. The zero-order valence-electron chi connectivity index (χ0n) is 10.2. The second-order valence-corrected chi connectivity index (χ2v) is 7.00. The van der Waals surface area contributed by atoms with Gasteiger partial charge in [-0.25, -0.2) is 8.42 Å². The Balaban J connectivity index is 1.75. The van der Waals surface area contributed by atoms with Gasteiger partial charge in [-0.1, -0.05) is 0 Å². The van der Waals surface area contributed by atoms with Gasteiger partial charge in [0.15, 0.2) is 0 Å². The topological polar surface area (TPSA) is 68.3 Å². The number of hydrogen-bond donors (Lipinski definition) is 1. The summed E-state index contributed by atoms with van der Waals surface area (Å²) in [4.78, 5) is 0. The van der Waals surface area contributed by atoms with E-state index in [1.54, 1.807) is 12.1 Å². The molecule has 0 amide bonds. The number of rotatable bonds is 4. The van der Waals surface area contributed by atoms with Crippen LogP contribution in [0.5, 0.6) is 0 Å². The molecule has 1 fully saturated rings. The largest absolute Gasteiger partial charge is 0.377 e. The highest BCUT2D eigenvalue weighted by Gasteiger charge is 2.23. The maximum Gasteiger partial charge on any atom is 0.235 e. The van der Waals surface area contributed by atoms with Crippen molar-refractivity contribution in [3.63, 3.8) is 0 Å². The minimum atomic E-state index is -3.36. The third kappa shape index (κ3) is 3.05. The smallest absolute Gasteiger partial charge is 0.235 e. The lowest BCUT2D eigenvalue weighted by molar-refractivity contribution is 0.127. The van der Waals surface area contributed by atoms with Crippen LogP contribution in [-0.2, 0) is 14.8 Å². The molecule has 2 aromatic rings. The highest BCUT2D eigenvalue weighted by atomic mass is 32.2. The van der Waals surface area contributed by atoms with Crippen LogP contribution in [0, 0.1) is 0 Å². The first kappa shape index (κ1) is 12.8. The summed E-state index contributed by atoms with van der Waals surface area (Å²) in [5.74, 6) is 0.0208. The number of nitrogens with zero attached hydrogens (tertiary/aromatic N) is 1. The van der Waals surface area contributed by atoms with E-state index in [0.717, 1.165) is 23.7 Å². The highest BCUT2D eigenvalue weighted by molar-refractivity contribution is 7.92. The van der Waals surface area contributed by atoms with Crippen LogP contribution in [0.1, 0.15) is 12.8 Å². The first-order valence-corrected chi connectivity index (χ1v) is 8.57. The number of anilines is 1. The van der Waals surface area contributed by atoms with E-state index in [0.29, 0.717) is 12.3 Å². The number of fused-ring (bicyclic) bond motifs is 1. The number of benzene rings is 1. The van der Waals surface area contributed by atoms with Crippen molar-refractivity contribution in [1.82, 2.24) is 4.37 Å². The predicted molar refractivity (Wildman–Crippen MR) is 76.0 cm³/mol. The van der Waals surface area contributed by atoms with Gasteiger partial charge in [0.25, 0.3) is 0 Å². The van der Waals surface area contributed by atoms with Gasteiger partial charge < -0.3 is 4.74 Å². The Morgan fingerprint density at radius 1 is 1.47 bits per heavy atom. The summed E-state index contributed by atoms with van der Waals surface area (Å²) in [5, 5.41) is 2.84. The van der Waals surface area contributed by atoms with Gasteiger partial charge in [0, 0.05) is 23.1 Å². The summed E-state index contributed by atoms with van der Waals surface area (Å²) in [6.07, 6.45) is 1.57. The fraction of sp³-hybridized carbons (Fsp3) is 0.417. The van der Waals surface area contributed by atoms with Gasteiger partial charge in [-0.05, 0) is 42.6 Å². The molecule has 1 aliphatic rings. The van der Waals surface area contributed by atoms with Crippen LogP contribution in [0.2, 0.25) is 0 Å². The van der Waals surface area contributed by atoms with Gasteiger partial charge in [-0.2, -0.15) is 4.37 Å². The molecule has 19 heavy (non-hydrogen) atoms. The monoisotopic (exact) mass is 298 g/mol. The van der Waals surface area contributed by atoms with Crippen LogP contribution < -0.4 is 4.72 Å². The van der Waals surface area contributed by atoms with Crippen LogP contribution in [0.25, 0.3) is 10.9 Å². The predicted octanol–water partition coefficient (Wildman–Crippen LogP) is 2.22. The molecule has 102 valence electrons. The van der Waals surface area contributed by atoms with Crippen molar-refractivity contribution in [3.05, 3.63) is 23.6 Å². The molecule has 1 atom stereocenters. The summed E-state index contributed by atoms with van der Waals surface area (Å²) in [6, 6.07) is 5.34. The molecule has 0 aliphatic carbocycles. The molecule has 1 unspecified atom stereocenters. The zero-order chi connectivity index (χ0) is 13.3. The molecule has 1 saturated heterocycles. The van der Waals surface area contributed by atoms with Crippen LogP contribution in [0.4, 0.5) is 5.69 Å². The quantitative estimate of drug-likeness (QED) is 0.939. The summed E-state index contributed by atoms with van der Waals surface area (Å²) >= 11 is 1.36. The van der Waals surface area contributed by atoms with Gasteiger partial charge in [0.05, 0.1) is 17.4 Å². The van der Waals surface area contributed by atoms with Crippen molar-refractivity contribution >= 4 is 38.1 Å². The Hall–Kier alpha value is -1.18. The molecule has 0 saturated carbocycles. The molecule has 3 rings (SSSR count). The van der Waals surface area contributed by atoms with E-state index < -0.39 is 10.0 Å². The minimum absolute atomic E-state index is 0.0208. The molecule has 0 radical (unpaired) electrons. The highest BCUT2D eigenvalue weighted by Crippen LogP contribution is 2.21. The third-order valence-electron chi connectivity index (χ3n) is 3.06. The van der Waals surface area contributed by atoms with Crippen LogP contribution >= 0.6 is 11.5 Å². The molecule has 0 bridgehead atoms. The Morgan fingerprint density at radius 3 is 3.16 bits per heavy atom. The lowest BCUT2D eigenvalue weighted by Crippen LogP contribution is -2.25. The number of ether oxygens (including phenoxy) is 1. The Morgan fingerprint density at radius 2 is 2.37 bits per heavy atom. The van der Waals surface area contributed by atoms with Crippen LogP contribution in [0.15, 0.2) is 23.6 Å². The summed E-state index contributed by atoms with van der Waals surface area (Å²) in [5.41, 5.74) is 1.46. The number of aromatic nitrogens is 1. The Labute approximate surface area is 115 Å². The van der Waals surface area contributed by atoms with E-state index in [-0.39, 0.29) is 11.9 Å². The molecule has 7 heteroatoms. The lowest BCUT2D eigenvalue weighted by Gasteiger charge is -2.12. The first-order chi connectivity index (χ1) is 9.12. The van der Waals surface area contributed by atoms with Gasteiger partial charge in [0.1, 0.15) is 0 Å². The molecule has 5 nitrogen and oxygen atoms in total. The maximum atomic E-state index is 12.0. The average molecular weight is 298 g/mol. The van der Waals surface area contributed by atoms with Crippen molar-refractivity contribution in [3.8, 4) is 0 Å². The summed E-state index contributed by atoms with van der Waals surface area (Å²) in [6.45, 7) is 0.659. The standard InChI is InChI=1S/C12H14N2O3S2/c15-19(16,8-11-2-1-5-17-11)14-10-3-4-12-9(6-10)7-18-13-12/h3-4,6-7,11,14H,1-2,5,8H2. The van der Waals surface area contributed by atoms with Gasteiger partial charge in [-0.15, -0.1) is 0 Å². The van der Waals surface area contributed by atoms with E-state index in [1.807, 2.05) is 11.4 Å². The lowest BCUT2D eigenvalue weighted by atomic mass is 10.2. The van der Waals surface area contributed by atoms with Crippen molar-refractivity contribution in [2.75, 3.05) is 17.1 Å². The van der Waals surface area contributed by atoms with E-state index >= 15 is 0 Å². The molecule has 1 aromatic carbocycles. The van der Waals surface area contributed by atoms with Crippen LogP contribution in [-0.4, -0.2) is 31.3 Å². The number of sulfonamides is 1. The van der Waals surface area contributed by atoms with E-state index in [1.165, 1.54) is 11.5 Å². The van der Waals surface area contributed by atoms with Crippen molar-refractivity contribution in [1.29, 1.82) is 0 Å². The molecule has 1 N–H and O–H groups in total. The fourth-order valence-electron chi connectivity index (χ4n) is 2.18. The first-order valence-electron chi connectivity index (χ1n) is 6.09. The SMILES string of the molecule is O=S(=O)(CC1CCCO1)Nc1ccc2nscc2c1. The second-order valence-electron chi connectivity index (χ2n) is 4.61. The Bertz CT molecular complexity index is 675.